The molecule has 3 unspecified atom stereocenters. The Morgan fingerprint density at radius 1 is 1.29 bits per heavy atom. The van der Waals surface area contributed by atoms with Gasteiger partial charge in [-0.1, -0.05) is 5.16 Å². The van der Waals surface area contributed by atoms with Gasteiger partial charge in [-0.15, -0.1) is 0 Å². The molecule has 0 spiro atoms. The quantitative estimate of drug-likeness (QED) is 0.725. The highest BCUT2D eigenvalue weighted by molar-refractivity contribution is 7.79. The lowest BCUT2D eigenvalue weighted by atomic mass is 9.53. The molecular formula is C12H19NO3S. The third-order valence-electron chi connectivity index (χ3n) is 4.46. The molecule has 0 radical (unpaired) electrons. The third-order valence-corrected chi connectivity index (χ3v) is 5.01. The van der Waals surface area contributed by atoms with E-state index >= 15 is 0 Å². The summed E-state index contributed by atoms with van der Waals surface area (Å²) < 4.78 is 17.2. The van der Waals surface area contributed by atoms with Crippen molar-refractivity contribution in [1.82, 2.24) is 0 Å². The molecule has 4 rings (SSSR count). The van der Waals surface area contributed by atoms with Crippen molar-refractivity contribution in [1.29, 1.82) is 0 Å². The largest absolute Gasteiger partial charge is 0.399 e. The number of rotatable bonds is 3. The van der Waals surface area contributed by atoms with Crippen LogP contribution in [-0.2, 0) is 20.1 Å². The fourth-order valence-electron chi connectivity index (χ4n) is 4.31. The van der Waals surface area contributed by atoms with Crippen molar-refractivity contribution in [2.24, 2.45) is 22.9 Å². The Kier molecular flexibility index (Phi) is 2.78. The fraction of sp³-hybridized carbons (Fsp3) is 0.917. The van der Waals surface area contributed by atoms with Crippen LogP contribution in [0.4, 0.5) is 0 Å². The Hall–Kier alpha value is -0.420. The first-order valence-electron chi connectivity index (χ1n) is 6.27. The molecule has 0 N–H and O–H groups in total. The van der Waals surface area contributed by atoms with Gasteiger partial charge in [0.15, 0.2) is 11.1 Å². The summed E-state index contributed by atoms with van der Waals surface area (Å²) in [6.07, 6.45) is 7.28. The molecule has 17 heavy (non-hydrogen) atoms. The molecule has 4 nitrogen and oxygen atoms in total. The molecule has 0 saturated heterocycles. The lowest BCUT2D eigenvalue weighted by molar-refractivity contribution is -0.0163. The van der Waals surface area contributed by atoms with Crippen LogP contribution < -0.4 is 0 Å². The summed E-state index contributed by atoms with van der Waals surface area (Å²) in [5.41, 5.74) is 0.632. The van der Waals surface area contributed by atoms with Gasteiger partial charge in [0, 0.05) is 12.2 Å². The van der Waals surface area contributed by atoms with Crippen molar-refractivity contribution in [3.8, 4) is 0 Å². The topological polar surface area (TPSA) is 47.9 Å². The van der Waals surface area contributed by atoms with Crippen molar-refractivity contribution < 1.29 is 13.2 Å². The second-order valence-corrected chi connectivity index (χ2v) is 6.65. The Morgan fingerprint density at radius 2 is 1.94 bits per heavy atom. The van der Waals surface area contributed by atoms with Crippen LogP contribution in [0.2, 0.25) is 0 Å². The highest BCUT2D eigenvalue weighted by atomic mass is 32.2. The minimum atomic E-state index is -1.24. The number of nitrogens with zero attached hydrogens (tertiary/aromatic N) is 1. The van der Waals surface area contributed by atoms with E-state index in [4.69, 9.17) is 9.02 Å². The third kappa shape index (κ3) is 1.83. The molecule has 0 aliphatic heterocycles. The predicted octanol–water partition coefficient (Wildman–Crippen LogP) is 1.88. The van der Waals surface area contributed by atoms with Gasteiger partial charge in [0.05, 0.1) is 5.71 Å². The molecular weight excluding hydrogens is 238 g/mol. The van der Waals surface area contributed by atoms with Crippen LogP contribution in [0, 0.1) is 17.8 Å². The average Bonchev–Trinajstić information content (AvgIpc) is 2.21. The maximum absolute atomic E-state index is 11.5. The van der Waals surface area contributed by atoms with Gasteiger partial charge in [0.25, 0.3) is 0 Å². The van der Waals surface area contributed by atoms with Crippen LogP contribution >= 0.6 is 0 Å². The zero-order valence-electron chi connectivity index (χ0n) is 10.3. The van der Waals surface area contributed by atoms with E-state index in [1.165, 1.54) is 19.3 Å². The van der Waals surface area contributed by atoms with Crippen molar-refractivity contribution in [3.63, 3.8) is 0 Å². The van der Waals surface area contributed by atoms with Crippen LogP contribution in [0.5, 0.6) is 0 Å². The Balaban J connectivity index is 1.97. The summed E-state index contributed by atoms with van der Waals surface area (Å²) >= 11 is -1.24. The lowest BCUT2D eigenvalue weighted by Gasteiger charge is -2.55. The molecule has 4 aliphatic carbocycles. The zero-order valence-corrected chi connectivity index (χ0v) is 11.2. The smallest absolute Gasteiger partial charge is 0.153 e. The molecule has 0 aromatic rings. The SMILES string of the molecule is CO/N=C1\C2C[C@@H]3C[C@H](C2)CC1(OS(C)=O)C3. The van der Waals surface area contributed by atoms with Crippen LogP contribution in [-0.4, -0.2) is 28.9 Å². The maximum atomic E-state index is 11.5. The second kappa shape index (κ2) is 4.05. The monoisotopic (exact) mass is 257 g/mol. The average molecular weight is 257 g/mol. The Morgan fingerprint density at radius 3 is 2.47 bits per heavy atom. The molecule has 4 aliphatic rings. The van der Waals surface area contributed by atoms with Crippen LogP contribution in [0.1, 0.15) is 32.1 Å². The standard InChI is InChI=1S/C12H19NO3S/c1-15-13-11-10-4-8-3-9(5-10)7-12(11,6-8)16-17(2)14/h8-10H,3-7H2,1-2H3/b13-11+/t8-,9+,10?,12?,17?. The van der Waals surface area contributed by atoms with Crippen LogP contribution in [0.15, 0.2) is 5.16 Å². The highest BCUT2D eigenvalue weighted by Gasteiger charge is 2.57. The van der Waals surface area contributed by atoms with E-state index in [0.717, 1.165) is 30.4 Å². The van der Waals surface area contributed by atoms with Gasteiger partial charge in [-0.25, -0.2) is 4.21 Å². The number of oxime groups is 1. The highest BCUT2D eigenvalue weighted by Crippen LogP contribution is 2.55. The van der Waals surface area contributed by atoms with Gasteiger partial charge >= 0.3 is 0 Å². The van der Waals surface area contributed by atoms with E-state index in [1.807, 2.05) is 0 Å². The first-order chi connectivity index (χ1) is 8.13. The summed E-state index contributed by atoms with van der Waals surface area (Å²) in [5, 5.41) is 4.21. The van der Waals surface area contributed by atoms with Crippen molar-refractivity contribution in [2.75, 3.05) is 13.4 Å². The summed E-state index contributed by atoms with van der Waals surface area (Å²) in [6, 6.07) is 0. The number of hydrogen-bond donors (Lipinski definition) is 0. The normalized spacial score (nSPS) is 47.4. The number of hydrogen-bond acceptors (Lipinski definition) is 4. The summed E-state index contributed by atoms with van der Waals surface area (Å²) in [7, 11) is 1.58. The van der Waals surface area contributed by atoms with Gasteiger partial charge in [-0.3, -0.25) is 4.18 Å². The van der Waals surface area contributed by atoms with E-state index in [9.17, 15) is 4.21 Å². The van der Waals surface area contributed by atoms with Crippen molar-refractivity contribution in [2.45, 2.75) is 37.7 Å². The lowest BCUT2D eigenvalue weighted by Crippen LogP contribution is -2.59. The molecule has 0 heterocycles. The molecule has 4 bridgehead atoms. The molecule has 0 aromatic heterocycles. The first-order valence-corrected chi connectivity index (χ1v) is 7.76. The molecule has 4 fully saturated rings. The minimum absolute atomic E-state index is 0.385. The van der Waals surface area contributed by atoms with Crippen molar-refractivity contribution in [3.05, 3.63) is 0 Å². The molecule has 0 amide bonds. The molecule has 0 aromatic carbocycles. The van der Waals surface area contributed by atoms with E-state index in [-0.39, 0.29) is 5.60 Å². The van der Waals surface area contributed by atoms with E-state index in [1.54, 1.807) is 13.4 Å². The fourth-order valence-corrected chi connectivity index (χ4v) is 4.98. The van der Waals surface area contributed by atoms with Crippen LogP contribution in [0.25, 0.3) is 0 Å². The molecule has 5 atom stereocenters. The molecule has 5 heteroatoms. The van der Waals surface area contributed by atoms with Gasteiger partial charge < -0.3 is 4.84 Å². The summed E-state index contributed by atoms with van der Waals surface area (Å²) in [5.74, 6) is 1.95. The zero-order chi connectivity index (χ0) is 12.0. The predicted molar refractivity (Wildman–Crippen MR) is 65.9 cm³/mol. The Bertz CT molecular complexity index is 368. The second-order valence-electron chi connectivity index (χ2n) is 5.68. The van der Waals surface area contributed by atoms with Crippen molar-refractivity contribution >= 4 is 16.8 Å². The van der Waals surface area contributed by atoms with E-state index in [0.29, 0.717) is 5.92 Å². The van der Waals surface area contributed by atoms with Crippen LogP contribution in [0.3, 0.4) is 0 Å². The summed E-state index contributed by atoms with van der Waals surface area (Å²) in [6.45, 7) is 0. The maximum Gasteiger partial charge on any atom is 0.153 e. The van der Waals surface area contributed by atoms with Gasteiger partial charge in [-0.05, 0) is 43.9 Å². The van der Waals surface area contributed by atoms with E-state index in [2.05, 4.69) is 5.16 Å². The first kappa shape index (κ1) is 11.7. The van der Waals surface area contributed by atoms with E-state index < -0.39 is 11.1 Å². The minimum Gasteiger partial charge on any atom is -0.399 e. The van der Waals surface area contributed by atoms with Gasteiger partial charge in [0.2, 0.25) is 0 Å². The summed E-state index contributed by atoms with van der Waals surface area (Å²) in [4.78, 5) is 4.98. The molecule has 4 saturated carbocycles. The Labute approximate surface area is 104 Å². The van der Waals surface area contributed by atoms with Gasteiger partial charge in [0.1, 0.15) is 12.7 Å². The van der Waals surface area contributed by atoms with Gasteiger partial charge in [-0.2, -0.15) is 0 Å². The molecule has 96 valence electrons.